The van der Waals surface area contributed by atoms with E-state index in [2.05, 4.69) is 0 Å². The molecule has 0 N–H and O–H groups in total. The van der Waals surface area contributed by atoms with E-state index < -0.39 is 0 Å². The quantitative estimate of drug-likeness (QED) is 0.776. The summed E-state index contributed by atoms with van der Waals surface area (Å²) in [7, 11) is 0. The van der Waals surface area contributed by atoms with Gasteiger partial charge in [-0.25, -0.2) is 0 Å². The highest BCUT2D eigenvalue weighted by Gasteiger charge is 2.04. The predicted molar refractivity (Wildman–Crippen MR) is 72.4 cm³/mol. The number of hydrogen-bond donors (Lipinski definition) is 0. The molecule has 0 atom stereocenters. The van der Waals surface area contributed by atoms with E-state index in [1.54, 1.807) is 12.1 Å². The fourth-order valence-electron chi connectivity index (χ4n) is 1.69. The number of carbonyl (C=O) groups is 1. The zero-order valence-corrected chi connectivity index (χ0v) is 10.8. The maximum atomic E-state index is 10.9. The molecule has 2 rings (SSSR count). The zero-order chi connectivity index (χ0) is 13.0. The Hall–Kier alpha value is -1.80. The maximum Gasteiger partial charge on any atom is 0.153 e. The van der Waals surface area contributed by atoms with Crippen molar-refractivity contribution in [1.29, 1.82) is 0 Å². The molecule has 0 radical (unpaired) electrons. The minimum absolute atomic E-state index is 0.424. The Morgan fingerprint density at radius 1 is 1.22 bits per heavy atom. The van der Waals surface area contributed by atoms with Crippen molar-refractivity contribution >= 4 is 17.9 Å². The molecule has 0 spiro atoms. The molecule has 0 unspecified atom stereocenters. The third-order valence-corrected chi connectivity index (χ3v) is 2.97. The molecular formula is C15H13ClO2. The number of aryl methyl sites for hydroxylation is 1. The number of benzene rings is 2. The minimum Gasteiger partial charge on any atom is -0.488 e. The summed E-state index contributed by atoms with van der Waals surface area (Å²) in [4.78, 5) is 10.9. The van der Waals surface area contributed by atoms with Gasteiger partial charge in [-0.2, -0.15) is 0 Å². The lowest BCUT2D eigenvalue weighted by atomic mass is 10.1. The van der Waals surface area contributed by atoms with Gasteiger partial charge in [0.05, 0.1) is 5.56 Å². The number of halogens is 1. The third kappa shape index (κ3) is 2.90. The van der Waals surface area contributed by atoms with E-state index in [1.165, 1.54) is 0 Å². The Kier molecular flexibility index (Phi) is 4.00. The van der Waals surface area contributed by atoms with Crippen LogP contribution in [0.15, 0.2) is 42.5 Å². The maximum absolute atomic E-state index is 10.9. The summed E-state index contributed by atoms with van der Waals surface area (Å²) in [6.45, 7) is 2.41. The number of hydrogen-bond acceptors (Lipinski definition) is 2. The first-order valence-electron chi connectivity index (χ1n) is 5.63. The molecule has 2 aromatic carbocycles. The number of para-hydroxylation sites is 1. The molecule has 92 valence electrons. The van der Waals surface area contributed by atoms with Crippen LogP contribution in [0.25, 0.3) is 0 Å². The number of rotatable bonds is 4. The van der Waals surface area contributed by atoms with Gasteiger partial charge in [0.1, 0.15) is 12.4 Å². The van der Waals surface area contributed by atoms with E-state index >= 15 is 0 Å². The molecule has 0 fully saturated rings. The fourth-order valence-corrected chi connectivity index (χ4v) is 1.91. The standard InChI is InChI=1S/C15H13ClO2/c1-11-8-14(16)7-6-13(11)10-18-15-5-3-2-4-12(15)9-17/h2-9H,10H2,1H3. The Bertz CT molecular complexity index is 564. The Morgan fingerprint density at radius 2 is 2.00 bits per heavy atom. The SMILES string of the molecule is Cc1cc(Cl)ccc1COc1ccccc1C=O. The summed E-state index contributed by atoms with van der Waals surface area (Å²) in [5.74, 6) is 0.599. The molecule has 3 heteroatoms. The summed E-state index contributed by atoms with van der Waals surface area (Å²) in [6.07, 6.45) is 0.796. The van der Waals surface area contributed by atoms with Crippen molar-refractivity contribution in [3.05, 3.63) is 64.2 Å². The Balaban J connectivity index is 2.14. The molecule has 0 saturated heterocycles. The molecule has 0 aliphatic rings. The average Bonchev–Trinajstić information content (AvgIpc) is 2.38. The van der Waals surface area contributed by atoms with Gasteiger partial charge in [0, 0.05) is 5.02 Å². The first-order valence-corrected chi connectivity index (χ1v) is 6.00. The molecule has 18 heavy (non-hydrogen) atoms. The van der Waals surface area contributed by atoms with Crippen molar-refractivity contribution in [1.82, 2.24) is 0 Å². The number of carbonyl (C=O) groups excluding carboxylic acids is 1. The van der Waals surface area contributed by atoms with Crippen molar-refractivity contribution < 1.29 is 9.53 Å². The Labute approximate surface area is 111 Å². The molecule has 0 aliphatic carbocycles. The molecule has 0 saturated carbocycles. The molecule has 0 amide bonds. The first-order chi connectivity index (χ1) is 8.70. The van der Waals surface area contributed by atoms with Crippen LogP contribution in [0.5, 0.6) is 5.75 Å². The van der Waals surface area contributed by atoms with Gasteiger partial charge >= 0.3 is 0 Å². The van der Waals surface area contributed by atoms with Crippen LogP contribution in [0.2, 0.25) is 5.02 Å². The second-order valence-corrected chi connectivity index (χ2v) is 4.45. The van der Waals surface area contributed by atoms with Gasteiger partial charge in [0.25, 0.3) is 0 Å². The minimum atomic E-state index is 0.424. The second kappa shape index (κ2) is 5.69. The number of ether oxygens (including phenoxy) is 1. The van der Waals surface area contributed by atoms with Crippen LogP contribution in [-0.2, 0) is 6.61 Å². The topological polar surface area (TPSA) is 26.3 Å². The van der Waals surface area contributed by atoms with Gasteiger partial charge in [0.15, 0.2) is 6.29 Å². The smallest absolute Gasteiger partial charge is 0.153 e. The summed E-state index contributed by atoms with van der Waals surface area (Å²) < 4.78 is 5.66. The van der Waals surface area contributed by atoms with Gasteiger partial charge in [-0.05, 0) is 42.3 Å². The normalized spacial score (nSPS) is 10.1. The molecule has 0 bridgehead atoms. The van der Waals surface area contributed by atoms with Crippen molar-refractivity contribution in [3.63, 3.8) is 0 Å². The molecular weight excluding hydrogens is 248 g/mol. The lowest BCUT2D eigenvalue weighted by molar-refractivity contribution is 0.111. The van der Waals surface area contributed by atoms with Gasteiger partial charge in [-0.3, -0.25) is 4.79 Å². The monoisotopic (exact) mass is 260 g/mol. The van der Waals surface area contributed by atoms with Crippen LogP contribution in [0.3, 0.4) is 0 Å². The van der Waals surface area contributed by atoms with Crippen LogP contribution in [0.1, 0.15) is 21.5 Å². The molecule has 0 aliphatic heterocycles. The fraction of sp³-hybridized carbons (Fsp3) is 0.133. The summed E-state index contributed by atoms with van der Waals surface area (Å²) >= 11 is 5.89. The molecule has 0 heterocycles. The molecule has 0 aromatic heterocycles. The van der Waals surface area contributed by atoms with Crippen molar-refractivity contribution in [3.8, 4) is 5.75 Å². The van der Waals surface area contributed by atoms with Crippen LogP contribution < -0.4 is 4.74 Å². The Morgan fingerprint density at radius 3 is 2.72 bits per heavy atom. The molecule has 2 aromatic rings. The second-order valence-electron chi connectivity index (χ2n) is 4.02. The van der Waals surface area contributed by atoms with Gasteiger partial charge < -0.3 is 4.74 Å². The van der Waals surface area contributed by atoms with Gasteiger partial charge in [-0.15, -0.1) is 0 Å². The van der Waals surface area contributed by atoms with E-state index in [0.29, 0.717) is 22.9 Å². The highest BCUT2D eigenvalue weighted by Crippen LogP contribution is 2.20. The number of aldehydes is 1. The highest BCUT2D eigenvalue weighted by atomic mass is 35.5. The van der Waals surface area contributed by atoms with Crippen LogP contribution in [0, 0.1) is 6.92 Å². The molecule has 2 nitrogen and oxygen atoms in total. The first kappa shape index (κ1) is 12.7. The van der Waals surface area contributed by atoms with Crippen LogP contribution in [-0.4, -0.2) is 6.29 Å². The van der Waals surface area contributed by atoms with Gasteiger partial charge in [0.2, 0.25) is 0 Å². The van der Waals surface area contributed by atoms with E-state index in [0.717, 1.165) is 17.4 Å². The predicted octanol–water partition coefficient (Wildman–Crippen LogP) is 4.04. The van der Waals surface area contributed by atoms with E-state index in [-0.39, 0.29) is 0 Å². The third-order valence-electron chi connectivity index (χ3n) is 2.73. The van der Waals surface area contributed by atoms with Crippen LogP contribution >= 0.6 is 11.6 Å². The van der Waals surface area contributed by atoms with Crippen molar-refractivity contribution in [2.24, 2.45) is 0 Å². The summed E-state index contributed by atoms with van der Waals surface area (Å²) in [5, 5.41) is 0.713. The summed E-state index contributed by atoms with van der Waals surface area (Å²) in [6, 6.07) is 12.8. The summed E-state index contributed by atoms with van der Waals surface area (Å²) in [5.41, 5.74) is 2.69. The van der Waals surface area contributed by atoms with Crippen molar-refractivity contribution in [2.75, 3.05) is 0 Å². The lowest BCUT2D eigenvalue weighted by Gasteiger charge is -2.10. The van der Waals surface area contributed by atoms with Gasteiger partial charge in [-0.1, -0.05) is 29.8 Å². The van der Waals surface area contributed by atoms with E-state index in [4.69, 9.17) is 16.3 Å². The van der Waals surface area contributed by atoms with E-state index in [9.17, 15) is 4.79 Å². The van der Waals surface area contributed by atoms with Crippen molar-refractivity contribution in [2.45, 2.75) is 13.5 Å². The lowest BCUT2D eigenvalue weighted by Crippen LogP contribution is -1.99. The average molecular weight is 261 g/mol. The van der Waals surface area contributed by atoms with E-state index in [1.807, 2.05) is 37.3 Å². The highest BCUT2D eigenvalue weighted by molar-refractivity contribution is 6.30. The largest absolute Gasteiger partial charge is 0.488 e. The van der Waals surface area contributed by atoms with Crippen LogP contribution in [0.4, 0.5) is 0 Å². The zero-order valence-electron chi connectivity index (χ0n) is 10.0.